The monoisotopic (exact) mass is 237 g/mol. The lowest BCUT2D eigenvalue weighted by Crippen LogP contribution is -2.40. The Kier molecular flexibility index (Phi) is 5.45. The molecule has 0 radical (unpaired) electrons. The zero-order chi connectivity index (χ0) is 12.7. The summed E-state index contributed by atoms with van der Waals surface area (Å²) in [7, 11) is 0. The van der Waals surface area contributed by atoms with Crippen molar-refractivity contribution in [3.8, 4) is 5.75 Å². The van der Waals surface area contributed by atoms with Crippen LogP contribution in [0.4, 0.5) is 0 Å². The molecular weight excluding hydrogens is 214 g/mol. The molecular formula is C14H23NO2. The second-order valence-corrected chi connectivity index (χ2v) is 4.73. The van der Waals surface area contributed by atoms with Gasteiger partial charge in [-0.05, 0) is 37.8 Å². The first-order valence-electron chi connectivity index (χ1n) is 6.19. The third kappa shape index (κ3) is 4.75. The molecule has 0 amide bonds. The van der Waals surface area contributed by atoms with Gasteiger partial charge in [-0.15, -0.1) is 0 Å². The molecule has 1 aromatic rings. The zero-order valence-electron chi connectivity index (χ0n) is 10.8. The van der Waals surface area contributed by atoms with Gasteiger partial charge >= 0.3 is 0 Å². The van der Waals surface area contributed by atoms with Crippen LogP contribution in [0.25, 0.3) is 0 Å². The molecule has 3 N–H and O–H groups in total. The van der Waals surface area contributed by atoms with Crippen LogP contribution in [-0.4, -0.2) is 23.9 Å². The summed E-state index contributed by atoms with van der Waals surface area (Å²) in [6.07, 6.45) is 2.59. The summed E-state index contributed by atoms with van der Waals surface area (Å²) in [4.78, 5) is 0. The van der Waals surface area contributed by atoms with Gasteiger partial charge in [0.2, 0.25) is 0 Å². The van der Waals surface area contributed by atoms with Gasteiger partial charge in [-0.2, -0.15) is 0 Å². The minimum absolute atomic E-state index is 0.0124. The largest absolute Gasteiger partial charge is 0.493 e. The normalized spacial score (nSPS) is 14.4. The van der Waals surface area contributed by atoms with Crippen molar-refractivity contribution in [3.05, 3.63) is 29.8 Å². The van der Waals surface area contributed by atoms with Gasteiger partial charge in [-0.1, -0.05) is 25.1 Å². The van der Waals surface area contributed by atoms with Crippen LogP contribution < -0.4 is 10.5 Å². The molecule has 0 aliphatic carbocycles. The van der Waals surface area contributed by atoms with E-state index in [0.717, 1.165) is 25.0 Å². The predicted octanol–water partition coefficient (Wildman–Crippen LogP) is 2.12. The van der Waals surface area contributed by atoms with Gasteiger partial charge in [0.05, 0.1) is 13.2 Å². The van der Waals surface area contributed by atoms with E-state index in [1.807, 2.05) is 25.1 Å². The first-order chi connectivity index (χ1) is 8.09. The summed E-state index contributed by atoms with van der Waals surface area (Å²) in [6, 6.07) is 8.08. The number of para-hydroxylation sites is 1. The number of nitrogens with two attached hydrogens (primary N) is 1. The Bertz CT molecular complexity index is 337. The molecule has 96 valence electrons. The molecule has 3 heteroatoms. The number of hydrogen-bond donors (Lipinski definition) is 2. The van der Waals surface area contributed by atoms with Crippen LogP contribution in [0.2, 0.25) is 0 Å². The van der Waals surface area contributed by atoms with E-state index >= 15 is 0 Å². The third-order valence-electron chi connectivity index (χ3n) is 2.86. The lowest BCUT2D eigenvalue weighted by molar-refractivity contribution is 0.188. The minimum atomic E-state index is -0.492. The average Bonchev–Trinajstić information content (AvgIpc) is 2.35. The van der Waals surface area contributed by atoms with Crippen LogP contribution in [0.3, 0.4) is 0 Å². The molecule has 0 aliphatic heterocycles. The van der Waals surface area contributed by atoms with Crippen LogP contribution in [0.15, 0.2) is 24.3 Å². The molecule has 1 aromatic carbocycles. The molecule has 1 rings (SSSR count). The summed E-state index contributed by atoms with van der Waals surface area (Å²) in [5.41, 5.74) is 6.58. The Balaban J connectivity index is 2.36. The Morgan fingerprint density at radius 3 is 2.71 bits per heavy atom. The molecule has 0 saturated carbocycles. The van der Waals surface area contributed by atoms with E-state index in [0.29, 0.717) is 6.61 Å². The van der Waals surface area contributed by atoms with Crippen LogP contribution >= 0.6 is 0 Å². The fourth-order valence-corrected chi connectivity index (χ4v) is 1.67. The molecule has 0 spiro atoms. The maximum absolute atomic E-state index is 9.03. The fraction of sp³-hybridized carbons (Fsp3) is 0.571. The van der Waals surface area contributed by atoms with Gasteiger partial charge in [-0.25, -0.2) is 0 Å². The summed E-state index contributed by atoms with van der Waals surface area (Å²) < 4.78 is 5.73. The molecule has 3 nitrogen and oxygen atoms in total. The molecule has 0 heterocycles. The fourth-order valence-electron chi connectivity index (χ4n) is 1.67. The minimum Gasteiger partial charge on any atom is -0.493 e. The highest BCUT2D eigenvalue weighted by Crippen LogP contribution is 2.19. The van der Waals surface area contributed by atoms with E-state index in [1.54, 1.807) is 0 Å². The van der Waals surface area contributed by atoms with Gasteiger partial charge in [0.25, 0.3) is 0 Å². The number of ether oxygens (including phenoxy) is 1. The van der Waals surface area contributed by atoms with Gasteiger partial charge in [0, 0.05) is 5.54 Å². The highest BCUT2D eigenvalue weighted by molar-refractivity contribution is 5.33. The molecule has 0 bridgehead atoms. The molecule has 0 aromatic heterocycles. The van der Waals surface area contributed by atoms with Crippen molar-refractivity contribution in [1.29, 1.82) is 0 Å². The Labute approximate surface area is 104 Å². The quantitative estimate of drug-likeness (QED) is 0.714. The van der Waals surface area contributed by atoms with Crippen molar-refractivity contribution >= 4 is 0 Å². The van der Waals surface area contributed by atoms with Crippen molar-refractivity contribution in [2.45, 2.75) is 38.6 Å². The van der Waals surface area contributed by atoms with Crippen LogP contribution in [-0.2, 0) is 6.42 Å². The second-order valence-electron chi connectivity index (χ2n) is 4.73. The molecule has 1 unspecified atom stereocenters. The number of hydrogen-bond acceptors (Lipinski definition) is 3. The maximum atomic E-state index is 9.03. The third-order valence-corrected chi connectivity index (χ3v) is 2.86. The van der Waals surface area contributed by atoms with E-state index in [1.165, 1.54) is 5.56 Å². The van der Waals surface area contributed by atoms with E-state index in [-0.39, 0.29) is 6.61 Å². The second kappa shape index (κ2) is 6.62. The maximum Gasteiger partial charge on any atom is 0.122 e. The van der Waals surface area contributed by atoms with Gasteiger partial charge in [0.15, 0.2) is 0 Å². The van der Waals surface area contributed by atoms with Crippen molar-refractivity contribution < 1.29 is 9.84 Å². The lowest BCUT2D eigenvalue weighted by Gasteiger charge is -2.21. The summed E-state index contributed by atoms with van der Waals surface area (Å²) in [6.45, 7) is 4.63. The van der Waals surface area contributed by atoms with E-state index in [4.69, 9.17) is 15.6 Å². The van der Waals surface area contributed by atoms with Crippen molar-refractivity contribution in [2.24, 2.45) is 5.73 Å². The number of aliphatic hydroxyl groups is 1. The summed E-state index contributed by atoms with van der Waals surface area (Å²) in [5.74, 6) is 0.956. The highest BCUT2D eigenvalue weighted by Gasteiger charge is 2.16. The highest BCUT2D eigenvalue weighted by atomic mass is 16.5. The smallest absolute Gasteiger partial charge is 0.122 e. The molecule has 0 fully saturated rings. The van der Waals surface area contributed by atoms with E-state index < -0.39 is 5.54 Å². The Hall–Kier alpha value is -1.06. The summed E-state index contributed by atoms with van der Waals surface area (Å²) >= 11 is 0. The van der Waals surface area contributed by atoms with Gasteiger partial charge in [-0.3, -0.25) is 0 Å². The van der Waals surface area contributed by atoms with Crippen molar-refractivity contribution in [3.63, 3.8) is 0 Å². The standard InChI is InChI=1S/C14H23NO2/c1-3-12-7-4-5-8-13(12)17-10-6-9-14(2,15)11-16/h4-5,7-8,16H,3,6,9-11,15H2,1-2H3. The zero-order valence-corrected chi connectivity index (χ0v) is 10.8. The van der Waals surface area contributed by atoms with Crippen LogP contribution in [0, 0.1) is 0 Å². The van der Waals surface area contributed by atoms with Crippen LogP contribution in [0.1, 0.15) is 32.3 Å². The van der Waals surface area contributed by atoms with Gasteiger partial charge < -0.3 is 15.6 Å². The van der Waals surface area contributed by atoms with Gasteiger partial charge in [0.1, 0.15) is 5.75 Å². The Morgan fingerprint density at radius 1 is 1.35 bits per heavy atom. The Morgan fingerprint density at radius 2 is 2.06 bits per heavy atom. The molecule has 0 saturated heterocycles. The predicted molar refractivity (Wildman–Crippen MR) is 70.2 cm³/mol. The first kappa shape index (κ1) is 14.0. The number of benzene rings is 1. The summed E-state index contributed by atoms with van der Waals surface area (Å²) in [5, 5.41) is 9.03. The SMILES string of the molecule is CCc1ccccc1OCCCC(C)(N)CO. The molecule has 1 atom stereocenters. The average molecular weight is 237 g/mol. The van der Waals surface area contributed by atoms with Crippen LogP contribution in [0.5, 0.6) is 5.75 Å². The first-order valence-corrected chi connectivity index (χ1v) is 6.19. The van der Waals surface area contributed by atoms with E-state index in [9.17, 15) is 0 Å². The number of rotatable bonds is 7. The van der Waals surface area contributed by atoms with E-state index in [2.05, 4.69) is 13.0 Å². The molecule has 0 aliphatic rings. The lowest BCUT2D eigenvalue weighted by atomic mass is 9.99. The number of aryl methyl sites for hydroxylation is 1. The van der Waals surface area contributed by atoms with Crippen molar-refractivity contribution in [1.82, 2.24) is 0 Å². The molecule has 17 heavy (non-hydrogen) atoms. The topological polar surface area (TPSA) is 55.5 Å². The van der Waals surface area contributed by atoms with Crippen molar-refractivity contribution in [2.75, 3.05) is 13.2 Å². The number of aliphatic hydroxyl groups excluding tert-OH is 1.